The Bertz CT molecular complexity index is 423. The van der Waals surface area contributed by atoms with E-state index in [1.165, 1.54) is 11.1 Å². The van der Waals surface area contributed by atoms with Crippen molar-refractivity contribution >= 4 is 15.9 Å². The molecule has 3 heteroatoms. The van der Waals surface area contributed by atoms with Crippen LogP contribution in [0.3, 0.4) is 0 Å². The van der Waals surface area contributed by atoms with Gasteiger partial charge in [0.25, 0.3) is 0 Å². The highest BCUT2D eigenvalue weighted by Gasteiger charge is 2.07. The molecule has 0 saturated carbocycles. The normalized spacial score (nSPS) is 10.5. The standard InChI is InChI=1S/C11H11BrN2/c1-8-3-5-9(6-4-8)11-10(12)7-13-14(11)2/h3-7H,1-2H3. The van der Waals surface area contributed by atoms with Crippen molar-refractivity contribution < 1.29 is 0 Å². The zero-order valence-electron chi connectivity index (χ0n) is 8.16. The van der Waals surface area contributed by atoms with Gasteiger partial charge >= 0.3 is 0 Å². The second-order valence-electron chi connectivity index (χ2n) is 3.33. The quantitative estimate of drug-likeness (QED) is 0.761. The molecular weight excluding hydrogens is 240 g/mol. The maximum atomic E-state index is 4.18. The second-order valence-corrected chi connectivity index (χ2v) is 4.19. The SMILES string of the molecule is Cc1ccc(-c2c(Br)cnn2C)cc1. The van der Waals surface area contributed by atoms with E-state index in [2.05, 4.69) is 52.2 Å². The maximum Gasteiger partial charge on any atom is 0.0821 e. The monoisotopic (exact) mass is 250 g/mol. The summed E-state index contributed by atoms with van der Waals surface area (Å²) < 4.78 is 2.90. The Morgan fingerprint density at radius 1 is 1.21 bits per heavy atom. The van der Waals surface area contributed by atoms with E-state index >= 15 is 0 Å². The fraction of sp³-hybridized carbons (Fsp3) is 0.182. The third kappa shape index (κ3) is 1.60. The van der Waals surface area contributed by atoms with Crippen molar-refractivity contribution in [2.75, 3.05) is 0 Å². The molecule has 0 aliphatic carbocycles. The van der Waals surface area contributed by atoms with Crippen LogP contribution in [0.4, 0.5) is 0 Å². The Morgan fingerprint density at radius 3 is 2.36 bits per heavy atom. The Labute approximate surface area is 91.7 Å². The molecule has 2 aromatic rings. The molecular formula is C11H11BrN2. The van der Waals surface area contributed by atoms with Gasteiger partial charge < -0.3 is 0 Å². The van der Waals surface area contributed by atoms with Crippen molar-refractivity contribution in [1.82, 2.24) is 9.78 Å². The largest absolute Gasteiger partial charge is 0.267 e. The zero-order chi connectivity index (χ0) is 10.1. The van der Waals surface area contributed by atoms with Gasteiger partial charge in [-0.2, -0.15) is 5.10 Å². The van der Waals surface area contributed by atoms with Crippen LogP contribution in [0.1, 0.15) is 5.56 Å². The van der Waals surface area contributed by atoms with Gasteiger partial charge in [-0.25, -0.2) is 0 Å². The summed E-state index contributed by atoms with van der Waals surface area (Å²) in [5.74, 6) is 0. The molecule has 14 heavy (non-hydrogen) atoms. The number of halogens is 1. The summed E-state index contributed by atoms with van der Waals surface area (Å²) >= 11 is 3.49. The summed E-state index contributed by atoms with van der Waals surface area (Å²) in [6.45, 7) is 2.09. The Hall–Kier alpha value is -1.09. The number of aryl methyl sites for hydroxylation is 2. The molecule has 0 N–H and O–H groups in total. The van der Waals surface area contributed by atoms with E-state index in [1.54, 1.807) is 0 Å². The van der Waals surface area contributed by atoms with Gasteiger partial charge in [-0.05, 0) is 22.9 Å². The van der Waals surface area contributed by atoms with Crippen molar-refractivity contribution in [3.8, 4) is 11.3 Å². The van der Waals surface area contributed by atoms with Gasteiger partial charge in [0, 0.05) is 12.6 Å². The molecule has 1 aromatic carbocycles. The number of hydrogen-bond acceptors (Lipinski definition) is 1. The fourth-order valence-electron chi connectivity index (χ4n) is 1.45. The Kier molecular flexibility index (Phi) is 2.42. The van der Waals surface area contributed by atoms with E-state index in [4.69, 9.17) is 0 Å². The minimum atomic E-state index is 1.03. The third-order valence-electron chi connectivity index (χ3n) is 2.22. The molecule has 0 unspecified atom stereocenters. The Balaban J connectivity index is 2.54. The lowest BCUT2D eigenvalue weighted by molar-refractivity contribution is 0.775. The molecule has 1 heterocycles. The predicted molar refractivity (Wildman–Crippen MR) is 61.1 cm³/mol. The number of aromatic nitrogens is 2. The molecule has 0 fully saturated rings. The van der Waals surface area contributed by atoms with Crippen LogP contribution in [0.2, 0.25) is 0 Å². The molecule has 0 aliphatic rings. The van der Waals surface area contributed by atoms with E-state index in [1.807, 2.05) is 17.9 Å². The maximum absolute atomic E-state index is 4.18. The summed E-state index contributed by atoms with van der Waals surface area (Å²) in [5, 5.41) is 4.18. The van der Waals surface area contributed by atoms with Crippen LogP contribution in [-0.4, -0.2) is 9.78 Å². The first-order valence-corrected chi connectivity index (χ1v) is 5.22. The fourth-order valence-corrected chi connectivity index (χ4v) is 2.02. The smallest absolute Gasteiger partial charge is 0.0821 e. The number of benzene rings is 1. The van der Waals surface area contributed by atoms with Crippen LogP contribution in [0.15, 0.2) is 34.9 Å². The van der Waals surface area contributed by atoms with Crippen molar-refractivity contribution in [2.45, 2.75) is 6.92 Å². The van der Waals surface area contributed by atoms with Crippen molar-refractivity contribution in [3.63, 3.8) is 0 Å². The average molecular weight is 251 g/mol. The van der Waals surface area contributed by atoms with Gasteiger partial charge in [-0.1, -0.05) is 29.8 Å². The molecule has 1 aromatic heterocycles. The second kappa shape index (κ2) is 3.58. The van der Waals surface area contributed by atoms with Gasteiger partial charge in [0.1, 0.15) is 0 Å². The molecule has 72 valence electrons. The molecule has 2 nitrogen and oxygen atoms in total. The number of hydrogen-bond donors (Lipinski definition) is 0. The molecule has 0 saturated heterocycles. The zero-order valence-corrected chi connectivity index (χ0v) is 9.75. The molecule has 0 aliphatic heterocycles. The van der Waals surface area contributed by atoms with Crippen LogP contribution < -0.4 is 0 Å². The lowest BCUT2D eigenvalue weighted by Gasteiger charge is -2.03. The summed E-state index contributed by atoms with van der Waals surface area (Å²) in [4.78, 5) is 0. The van der Waals surface area contributed by atoms with Gasteiger partial charge in [-0.15, -0.1) is 0 Å². The van der Waals surface area contributed by atoms with Crippen LogP contribution in [0.25, 0.3) is 11.3 Å². The van der Waals surface area contributed by atoms with Crippen LogP contribution in [0.5, 0.6) is 0 Å². The summed E-state index contributed by atoms with van der Waals surface area (Å²) in [6, 6.07) is 8.43. The van der Waals surface area contributed by atoms with Crippen LogP contribution in [0, 0.1) is 6.92 Å². The molecule has 0 radical (unpaired) electrons. The molecule has 0 amide bonds. The first-order chi connectivity index (χ1) is 6.68. The van der Waals surface area contributed by atoms with E-state index in [9.17, 15) is 0 Å². The van der Waals surface area contributed by atoms with Crippen molar-refractivity contribution in [1.29, 1.82) is 0 Å². The van der Waals surface area contributed by atoms with Gasteiger partial charge in [0.2, 0.25) is 0 Å². The molecule has 0 bridgehead atoms. The predicted octanol–water partition coefficient (Wildman–Crippen LogP) is 3.16. The first-order valence-electron chi connectivity index (χ1n) is 4.43. The lowest BCUT2D eigenvalue weighted by atomic mass is 10.1. The van der Waals surface area contributed by atoms with Crippen LogP contribution in [-0.2, 0) is 7.05 Å². The van der Waals surface area contributed by atoms with E-state index in [-0.39, 0.29) is 0 Å². The average Bonchev–Trinajstić information content (AvgIpc) is 2.49. The molecule has 2 rings (SSSR count). The number of nitrogens with zero attached hydrogens (tertiary/aromatic N) is 2. The Morgan fingerprint density at radius 2 is 1.86 bits per heavy atom. The minimum absolute atomic E-state index is 1.03. The minimum Gasteiger partial charge on any atom is -0.267 e. The highest BCUT2D eigenvalue weighted by Crippen LogP contribution is 2.27. The molecule has 0 atom stereocenters. The first kappa shape index (κ1) is 9.46. The van der Waals surface area contributed by atoms with E-state index in [0.717, 1.165) is 10.2 Å². The van der Waals surface area contributed by atoms with Crippen molar-refractivity contribution in [3.05, 3.63) is 40.5 Å². The van der Waals surface area contributed by atoms with E-state index < -0.39 is 0 Å². The highest BCUT2D eigenvalue weighted by atomic mass is 79.9. The topological polar surface area (TPSA) is 17.8 Å². The van der Waals surface area contributed by atoms with Crippen LogP contribution >= 0.6 is 15.9 Å². The van der Waals surface area contributed by atoms with Gasteiger partial charge in [0.05, 0.1) is 16.4 Å². The van der Waals surface area contributed by atoms with Gasteiger partial charge in [0.15, 0.2) is 0 Å². The van der Waals surface area contributed by atoms with E-state index in [0.29, 0.717) is 0 Å². The summed E-state index contributed by atoms with van der Waals surface area (Å²) in [6.07, 6.45) is 1.81. The highest BCUT2D eigenvalue weighted by molar-refractivity contribution is 9.10. The lowest BCUT2D eigenvalue weighted by Crippen LogP contribution is -1.93. The molecule has 0 spiro atoms. The van der Waals surface area contributed by atoms with Crippen molar-refractivity contribution in [2.24, 2.45) is 7.05 Å². The number of rotatable bonds is 1. The summed E-state index contributed by atoms with van der Waals surface area (Å²) in [5.41, 5.74) is 3.57. The third-order valence-corrected chi connectivity index (χ3v) is 2.80. The summed E-state index contributed by atoms with van der Waals surface area (Å²) in [7, 11) is 1.94. The van der Waals surface area contributed by atoms with Gasteiger partial charge in [-0.3, -0.25) is 4.68 Å².